The molecule has 0 aromatic rings. The highest BCUT2D eigenvalue weighted by Crippen LogP contribution is 2.05. The number of amides is 2. The van der Waals surface area contributed by atoms with E-state index in [1.54, 1.807) is 14.0 Å². The van der Waals surface area contributed by atoms with Crippen LogP contribution in [-0.2, 0) is 4.79 Å². The van der Waals surface area contributed by atoms with Crippen molar-refractivity contribution in [1.82, 2.24) is 9.80 Å². The SMILES string of the molecule is CC(O)CN(C)C(=O)N(CCC(=O)O)C(C)C. The highest BCUT2D eigenvalue weighted by molar-refractivity contribution is 5.75. The van der Waals surface area contributed by atoms with Gasteiger partial charge in [-0.3, -0.25) is 4.79 Å². The average molecular weight is 246 g/mol. The minimum Gasteiger partial charge on any atom is -0.481 e. The first kappa shape index (κ1) is 15.7. The van der Waals surface area contributed by atoms with Crippen molar-refractivity contribution in [2.75, 3.05) is 20.1 Å². The number of urea groups is 1. The van der Waals surface area contributed by atoms with Crippen LogP contribution in [0.3, 0.4) is 0 Å². The van der Waals surface area contributed by atoms with E-state index in [0.29, 0.717) is 0 Å². The monoisotopic (exact) mass is 246 g/mol. The molecule has 0 radical (unpaired) electrons. The van der Waals surface area contributed by atoms with Crippen LogP contribution in [0.5, 0.6) is 0 Å². The molecule has 6 nitrogen and oxygen atoms in total. The number of nitrogens with zero attached hydrogens (tertiary/aromatic N) is 2. The van der Waals surface area contributed by atoms with E-state index >= 15 is 0 Å². The number of hydrogen-bond donors (Lipinski definition) is 2. The molecular formula is C11H22N2O4. The molecule has 0 aliphatic rings. The van der Waals surface area contributed by atoms with Crippen LogP contribution < -0.4 is 0 Å². The van der Waals surface area contributed by atoms with Crippen molar-refractivity contribution in [3.63, 3.8) is 0 Å². The number of aliphatic hydroxyl groups excluding tert-OH is 1. The van der Waals surface area contributed by atoms with Gasteiger partial charge >= 0.3 is 12.0 Å². The number of aliphatic hydroxyl groups is 1. The average Bonchev–Trinajstić information content (AvgIpc) is 2.15. The predicted molar refractivity (Wildman–Crippen MR) is 63.8 cm³/mol. The van der Waals surface area contributed by atoms with E-state index in [1.165, 1.54) is 9.80 Å². The van der Waals surface area contributed by atoms with Crippen molar-refractivity contribution in [1.29, 1.82) is 0 Å². The third-order valence-corrected chi connectivity index (χ3v) is 2.30. The van der Waals surface area contributed by atoms with Crippen molar-refractivity contribution in [3.8, 4) is 0 Å². The topological polar surface area (TPSA) is 81.1 Å². The summed E-state index contributed by atoms with van der Waals surface area (Å²) in [6.07, 6.45) is -0.677. The first-order chi connectivity index (χ1) is 7.75. The molecule has 0 fully saturated rings. The van der Waals surface area contributed by atoms with Gasteiger partial charge < -0.3 is 20.0 Å². The van der Waals surface area contributed by atoms with E-state index in [2.05, 4.69) is 0 Å². The third kappa shape index (κ3) is 6.11. The summed E-state index contributed by atoms with van der Waals surface area (Å²) in [7, 11) is 1.59. The first-order valence-corrected chi connectivity index (χ1v) is 5.67. The molecule has 0 aromatic carbocycles. The van der Waals surface area contributed by atoms with Crippen molar-refractivity contribution in [3.05, 3.63) is 0 Å². The van der Waals surface area contributed by atoms with Gasteiger partial charge in [-0.05, 0) is 20.8 Å². The minimum absolute atomic E-state index is 0.0710. The Bertz CT molecular complexity index is 266. The Labute approximate surface area is 102 Å². The summed E-state index contributed by atoms with van der Waals surface area (Å²) in [4.78, 5) is 25.4. The number of carbonyl (C=O) groups excluding carboxylic acids is 1. The summed E-state index contributed by atoms with van der Waals surface area (Å²) in [5.41, 5.74) is 0. The number of aliphatic carboxylic acids is 1. The lowest BCUT2D eigenvalue weighted by Gasteiger charge is -2.31. The third-order valence-electron chi connectivity index (χ3n) is 2.30. The van der Waals surface area contributed by atoms with Crippen molar-refractivity contribution >= 4 is 12.0 Å². The fourth-order valence-electron chi connectivity index (χ4n) is 1.48. The molecule has 0 heterocycles. The van der Waals surface area contributed by atoms with E-state index in [1.807, 2.05) is 13.8 Å². The van der Waals surface area contributed by atoms with E-state index in [0.717, 1.165) is 0 Å². The molecule has 0 aromatic heterocycles. The van der Waals surface area contributed by atoms with Gasteiger partial charge in [0.05, 0.1) is 12.5 Å². The number of likely N-dealkylation sites (N-methyl/N-ethyl adjacent to an activating group) is 1. The summed E-state index contributed by atoms with van der Waals surface area (Å²) >= 11 is 0. The molecular weight excluding hydrogens is 224 g/mol. The summed E-state index contributed by atoms with van der Waals surface area (Å²) in [5, 5.41) is 17.8. The zero-order chi connectivity index (χ0) is 13.6. The van der Waals surface area contributed by atoms with Gasteiger partial charge in [-0.1, -0.05) is 0 Å². The van der Waals surface area contributed by atoms with Gasteiger partial charge in [0.15, 0.2) is 0 Å². The number of rotatable bonds is 6. The van der Waals surface area contributed by atoms with Gasteiger partial charge in [0.1, 0.15) is 0 Å². The smallest absolute Gasteiger partial charge is 0.320 e. The Balaban J connectivity index is 4.48. The summed E-state index contributed by atoms with van der Waals surface area (Å²) in [6.45, 7) is 5.66. The molecule has 100 valence electrons. The molecule has 0 aliphatic heterocycles. The number of hydrogen-bond acceptors (Lipinski definition) is 3. The molecule has 0 aliphatic carbocycles. The molecule has 0 saturated carbocycles. The molecule has 0 bridgehead atoms. The van der Waals surface area contributed by atoms with Crippen LogP contribution >= 0.6 is 0 Å². The highest BCUT2D eigenvalue weighted by Gasteiger charge is 2.21. The summed E-state index contributed by atoms with van der Waals surface area (Å²) in [5.74, 6) is -0.929. The van der Waals surface area contributed by atoms with Crippen molar-refractivity contribution in [2.45, 2.75) is 39.3 Å². The van der Waals surface area contributed by atoms with Crippen LogP contribution in [0.4, 0.5) is 4.79 Å². The van der Waals surface area contributed by atoms with Crippen molar-refractivity contribution < 1.29 is 19.8 Å². The Morgan fingerprint density at radius 1 is 1.24 bits per heavy atom. The van der Waals surface area contributed by atoms with Gasteiger partial charge in [0.2, 0.25) is 0 Å². The molecule has 1 unspecified atom stereocenters. The predicted octanol–water partition coefficient (Wildman–Crippen LogP) is 0.604. The normalized spacial score (nSPS) is 12.4. The maximum Gasteiger partial charge on any atom is 0.320 e. The standard InChI is InChI=1S/C11H22N2O4/c1-8(2)13(6-5-10(15)16)11(17)12(4)7-9(3)14/h8-9,14H,5-7H2,1-4H3,(H,15,16). The lowest BCUT2D eigenvalue weighted by Crippen LogP contribution is -2.47. The molecule has 1 atom stereocenters. The lowest BCUT2D eigenvalue weighted by atomic mass is 10.3. The van der Waals surface area contributed by atoms with E-state index in [4.69, 9.17) is 5.11 Å². The van der Waals surface area contributed by atoms with Gasteiger partial charge in [-0.15, -0.1) is 0 Å². The highest BCUT2D eigenvalue weighted by atomic mass is 16.4. The van der Waals surface area contributed by atoms with E-state index < -0.39 is 12.1 Å². The molecule has 0 spiro atoms. The summed E-state index contributed by atoms with van der Waals surface area (Å²) in [6, 6.07) is -0.333. The van der Waals surface area contributed by atoms with Crippen molar-refractivity contribution in [2.24, 2.45) is 0 Å². The quantitative estimate of drug-likeness (QED) is 0.719. The van der Waals surface area contributed by atoms with Crippen LogP contribution in [0.15, 0.2) is 0 Å². The number of carbonyl (C=O) groups is 2. The van der Waals surface area contributed by atoms with E-state index in [-0.39, 0.29) is 31.6 Å². The molecule has 2 amide bonds. The van der Waals surface area contributed by atoms with Gasteiger partial charge in [0, 0.05) is 26.2 Å². The van der Waals surface area contributed by atoms with Gasteiger partial charge in [-0.25, -0.2) is 4.79 Å². The molecule has 17 heavy (non-hydrogen) atoms. The van der Waals surface area contributed by atoms with Crippen LogP contribution in [-0.4, -0.2) is 64.3 Å². The minimum atomic E-state index is -0.929. The first-order valence-electron chi connectivity index (χ1n) is 5.67. The second kappa shape index (κ2) is 7.11. The lowest BCUT2D eigenvalue weighted by molar-refractivity contribution is -0.137. The molecule has 6 heteroatoms. The second-order valence-electron chi connectivity index (χ2n) is 4.44. The van der Waals surface area contributed by atoms with Gasteiger partial charge in [-0.2, -0.15) is 0 Å². The maximum absolute atomic E-state index is 12.0. The maximum atomic E-state index is 12.0. The van der Waals surface area contributed by atoms with Crippen LogP contribution in [0.2, 0.25) is 0 Å². The number of carboxylic acids is 1. The Kier molecular flexibility index (Phi) is 6.57. The molecule has 2 N–H and O–H groups in total. The van der Waals surface area contributed by atoms with E-state index in [9.17, 15) is 14.7 Å². The second-order valence-corrected chi connectivity index (χ2v) is 4.44. The van der Waals surface area contributed by atoms with Crippen LogP contribution in [0.25, 0.3) is 0 Å². The van der Waals surface area contributed by atoms with Crippen LogP contribution in [0, 0.1) is 0 Å². The number of carboxylic acid groups (broad SMARTS) is 1. The largest absolute Gasteiger partial charge is 0.481 e. The fourth-order valence-corrected chi connectivity index (χ4v) is 1.48. The Hall–Kier alpha value is -1.30. The molecule has 0 rings (SSSR count). The molecule has 0 saturated heterocycles. The zero-order valence-corrected chi connectivity index (χ0v) is 10.9. The summed E-state index contributed by atoms with van der Waals surface area (Å²) < 4.78 is 0. The van der Waals surface area contributed by atoms with Crippen LogP contribution in [0.1, 0.15) is 27.2 Å². The zero-order valence-electron chi connectivity index (χ0n) is 10.9. The fraction of sp³-hybridized carbons (Fsp3) is 0.818. The van der Waals surface area contributed by atoms with Gasteiger partial charge in [0.25, 0.3) is 0 Å². The Morgan fingerprint density at radius 3 is 2.12 bits per heavy atom. The Morgan fingerprint density at radius 2 is 1.76 bits per heavy atom.